The summed E-state index contributed by atoms with van der Waals surface area (Å²) in [7, 11) is 0. The Morgan fingerprint density at radius 1 is 1.00 bits per heavy atom. The molecule has 1 atom stereocenters. The maximum atomic E-state index is 12.5. The molecule has 5 nitrogen and oxygen atoms in total. The maximum absolute atomic E-state index is 12.5. The van der Waals surface area contributed by atoms with Crippen LogP contribution < -0.4 is 10.2 Å². The zero-order valence-electron chi connectivity index (χ0n) is 18.0. The van der Waals surface area contributed by atoms with Crippen LogP contribution in [0.25, 0.3) is 0 Å². The Hall–Kier alpha value is -2.37. The van der Waals surface area contributed by atoms with Gasteiger partial charge < -0.3 is 15.0 Å². The SMILES string of the molecule is C[C@@H]1CCCN(Cc2ccc(C(=O)NCc3ccc(N4CCOCC4)cc3)cc2)C1. The summed E-state index contributed by atoms with van der Waals surface area (Å²) in [6.45, 7) is 9.63. The van der Waals surface area contributed by atoms with Crippen molar-refractivity contribution >= 4 is 11.6 Å². The molecule has 0 unspecified atom stereocenters. The Morgan fingerprint density at radius 2 is 1.70 bits per heavy atom. The summed E-state index contributed by atoms with van der Waals surface area (Å²) in [5, 5.41) is 3.04. The Kier molecular flexibility index (Phi) is 7.03. The molecule has 0 spiro atoms. The highest BCUT2D eigenvalue weighted by Gasteiger charge is 2.16. The Bertz CT molecular complexity index is 813. The number of morpholine rings is 1. The van der Waals surface area contributed by atoms with Gasteiger partial charge in [0.15, 0.2) is 0 Å². The Morgan fingerprint density at radius 3 is 2.40 bits per heavy atom. The molecule has 2 saturated heterocycles. The number of amides is 1. The molecule has 0 aliphatic carbocycles. The first-order valence-corrected chi connectivity index (χ1v) is 11.2. The van der Waals surface area contributed by atoms with Gasteiger partial charge in [0.25, 0.3) is 5.91 Å². The molecule has 2 aliphatic rings. The van der Waals surface area contributed by atoms with Crippen molar-refractivity contribution in [2.24, 2.45) is 5.92 Å². The van der Waals surface area contributed by atoms with Crippen molar-refractivity contribution in [2.45, 2.75) is 32.9 Å². The number of likely N-dealkylation sites (tertiary alicyclic amines) is 1. The molecule has 0 radical (unpaired) electrons. The van der Waals surface area contributed by atoms with Crippen LogP contribution in [0.5, 0.6) is 0 Å². The largest absolute Gasteiger partial charge is 0.378 e. The standard InChI is InChI=1S/C25H33N3O2/c1-20-3-2-12-27(18-20)19-22-4-8-23(9-5-22)25(29)26-17-21-6-10-24(11-7-21)28-13-15-30-16-14-28/h4-11,20H,2-3,12-19H2,1H3,(H,26,29)/t20-/m1/s1. The number of piperidine rings is 1. The number of hydrogen-bond donors (Lipinski definition) is 1. The van der Waals surface area contributed by atoms with Gasteiger partial charge in [-0.05, 0) is 60.7 Å². The molecule has 1 amide bonds. The summed E-state index contributed by atoms with van der Waals surface area (Å²) >= 11 is 0. The third kappa shape index (κ3) is 5.61. The first-order chi connectivity index (χ1) is 14.7. The van der Waals surface area contributed by atoms with Gasteiger partial charge in [-0.3, -0.25) is 9.69 Å². The van der Waals surface area contributed by atoms with E-state index in [9.17, 15) is 4.79 Å². The molecular formula is C25H33N3O2. The normalized spacial score (nSPS) is 20.2. The zero-order chi connectivity index (χ0) is 20.8. The summed E-state index contributed by atoms with van der Waals surface area (Å²) in [5.41, 5.74) is 4.32. The van der Waals surface area contributed by atoms with E-state index < -0.39 is 0 Å². The summed E-state index contributed by atoms with van der Waals surface area (Å²) < 4.78 is 5.41. The number of carbonyl (C=O) groups is 1. The predicted octanol–water partition coefficient (Wildman–Crippen LogP) is 3.69. The number of nitrogens with zero attached hydrogens (tertiary/aromatic N) is 2. The minimum absolute atomic E-state index is 0.0228. The van der Waals surface area contributed by atoms with Gasteiger partial charge in [-0.1, -0.05) is 31.2 Å². The summed E-state index contributed by atoms with van der Waals surface area (Å²) in [6, 6.07) is 16.5. The number of rotatable bonds is 6. The second-order valence-electron chi connectivity index (χ2n) is 8.63. The van der Waals surface area contributed by atoms with Crippen molar-refractivity contribution in [3.63, 3.8) is 0 Å². The topological polar surface area (TPSA) is 44.8 Å². The van der Waals surface area contributed by atoms with Crippen LogP contribution in [0.1, 0.15) is 41.3 Å². The molecule has 0 aromatic heterocycles. The van der Waals surface area contributed by atoms with Crippen LogP contribution in [-0.4, -0.2) is 50.2 Å². The molecule has 1 N–H and O–H groups in total. The monoisotopic (exact) mass is 407 g/mol. The van der Waals surface area contributed by atoms with Crippen LogP contribution in [-0.2, 0) is 17.8 Å². The lowest BCUT2D eigenvalue weighted by Crippen LogP contribution is -2.36. The second kappa shape index (κ2) is 10.1. The molecule has 0 bridgehead atoms. The number of anilines is 1. The predicted molar refractivity (Wildman–Crippen MR) is 121 cm³/mol. The van der Waals surface area contributed by atoms with Gasteiger partial charge in [0.05, 0.1) is 13.2 Å². The Balaban J connectivity index is 1.26. The molecule has 2 aromatic rings. The van der Waals surface area contributed by atoms with Crippen molar-refractivity contribution in [3.05, 3.63) is 65.2 Å². The maximum Gasteiger partial charge on any atom is 0.251 e. The third-order valence-electron chi connectivity index (χ3n) is 6.13. The first-order valence-electron chi connectivity index (χ1n) is 11.2. The van der Waals surface area contributed by atoms with Crippen molar-refractivity contribution < 1.29 is 9.53 Å². The molecule has 2 heterocycles. The smallest absolute Gasteiger partial charge is 0.251 e. The summed E-state index contributed by atoms with van der Waals surface area (Å²) in [5.74, 6) is 0.761. The summed E-state index contributed by atoms with van der Waals surface area (Å²) in [4.78, 5) is 17.4. The summed E-state index contributed by atoms with van der Waals surface area (Å²) in [6.07, 6.45) is 2.63. The Labute approximate surface area is 180 Å². The number of hydrogen-bond acceptors (Lipinski definition) is 4. The van der Waals surface area contributed by atoms with Gasteiger partial charge in [0.1, 0.15) is 0 Å². The van der Waals surface area contributed by atoms with Crippen LogP contribution in [0.3, 0.4) is 0 Å². The average molecular weight is 408 g/mol. The van der Waals surface area contributed by atoms with Gasteiger partial charge in [-0.25, -0.2) is 0 Å². The quantitative estimate of drug-likeness (QED) is 0.793. The minimum atomic E-state index is -0.0228. The van der Waals surface area contributed by atoms with Gasteiger partial charge in [0, 0.05) is 44.0 Å². The average Bonchev–Trinajstić information content (AvgIpc) is 2.79. The van der Waals surface area contributed by atoms with Crippen molar-refractivity contribution in [1.82, 2.24) is 10.2 Å². The lowest BCUT2D eigenvalue weighted by molar-refractivity contribution is 0.0951. The third-order valence-corrected chi connectivity index (χ3v) is 6.13. The highest BCUT2D eigenvalue weighted by molar-refractivity contribution is 5.94. The van der Waals surface area contributed by atoms with E-state index in [2.05, 4.69) is 58.4 Å². The van der Waals surface area contributed by atoms with E-state index in [1.54, 1.807) is 0 Å². The van der Waals surface area contributed by atoms with E-state index in [1.165, 1.54) is 37.2 Å². The van der Waals surface area contributed by atoms with E-state index in [0.29, 0.717) is 6.54 Å². The zero-order valence-corrected chi connectivity index (χ0v) is 18.0. The van der Waals surface area contributed by atoms with Gasteiger partial charge in [-0.2, -0.15) is 0 Å². The van der Waals surface area contributed by atoms with Crippen molar-refractivity contribution in [1.29, 1.82) is 0 Å². The number of carbonyl (C=O) groups excluding carboxylic acids is 1. The molecule has 2 aromatic carbocycles. The van der Waals surface area contributed by atoms with Crippen molar-refractivity contribution in [2.75, 3.05) is 44.3 Å². The fourth-order valence-corrected chi connectivity index (χ4v) is 4.38. The molecule has 160 valence electrons. The molecule has 30 heavy (non-hydrogen) atoms. The number of benzene rings is 2. The van der Waals surface area contributed by atoms with Gasteiger partial charge in [-0.15, -0.1) is 0 Å². The number of nitrogens with one attached hydrogen (secondary N) is 1. The molecule has 2 fully saturated rings. The molecule has 4 rings (SSSR count). The van der Waals surface area contributed by atoms with Crippen LogP contribution in [0, 0.1) is 5.92 Å². The van der Waals surface area contributed by atoms with E-state index in [0.717, 1.165) is 49.9 Å². The second-order valence-corrected chi connectivity index (χ2v) is 8.63. The lowest BCUT2D eigenvalue weighted by atomic mass is 9.99. The van der Waals surface area contributed by atoms with E-state index in [1.807, 2.05) is 12.1 Å². The lowest BCUT2D eigenvalue weighted by Gasteiger charge is -2.30. The molecule has 0 saturated carbocycles. The van der Waals surface area contributed by atoms with Gasteiger partial charge in [0.2, 0.25) is 0 Å². The van der Waals surface area contributed by atoms with E-state index in [-0.39, 0.29) is 5.91 Å². The fourth-order valence-electron chi connectivity index (χ4n) is 4.38. The fraction of sp³-hybridized carbons (Fsp3) is 0.480. The van der Waals surface area contributed by atoms with Crippen LogP contribution in [0.4, 0.5) is 5.69 Å². The van der Waals surface area contributed by atoms with E-state index in [4.69, 9.17) is 4.74 Å². The van der Waals surface area contributed by atoms with E-state index >= 15 is 0 Å². The number of ether oxygens (including phenoxy) is 1. The highest BCUT2D eigenvalue weighted by Crippen LogP contribution is 2.19. The first kappa shape index (κ1) is 20.9. The van der Waals surface area contributed by atoms with Crippen LogP contribution in [0.2, 0.25) is 0 Å². The minimum Gasteiger partial charge on any atom is -0.378 e. The van der Waals surface area contributed by atoms with Crippen LogP contribution >= 0.6 is 0 Å². The highest BCUT2D eigenvalue weighted by atomic mass is 16.5. The van der Waals surface area contributed by atoms with Gasteiger partial charge >= 0.3 is 0 Å². The van der Waals surface area contributed by atoms with Crippen LogP contribution in [0.15, 0.2) is 48.5 Å². The molecule has 2 aliphatic heterocycles. The molecular weight excluding hydrogens is 374 g/mol. The van der Waals surface area contributed by atoms with Crippen molar-refractivity contribution in [3.8, 4) is 0 Å². The molecule has 5 heteroatoms.